The molecule has 0 aromatic heterocycles. The van der Waals surface area contributed by atoms with Crippen LogP contribution in [-0.2, 0) is 16.0 Å². The van der Waals surface area contributed by atoms with E-state index in [1.165, 1.54) is 0 Å². The van der Waals surface area contributed by atoms with Crippen molar-refractivity contribution in [2.24, 2.45) is 11.7 Å². The van der Waals surface area contributed by atoms with Gasteiger partial charge < -0.3 is 16.2 Å². The first-order valence-electron chi connectivity index (χ1n) is 6.81. The molecule has 0 bridgehead atoms. The van der Waals surface area contributed by atoms with E-state index in [1.54, 1.807) is 0 Å². The normalized spacial score (nSPS) is 13.8. The monoisotopic (exact) mass is 356 g/mol. The number of carbonyl (C=O) groups is 2. The Labute approximate surface area is 133 Å². The molecule has 0 saturated carbocycles. The van der Waals surface area contributed by atoms with E-state index in [2.05, 4.69) is 21.2 Å². The first kappa shape index (κ1) is 17.7. The maximum absolute atomic E-state index is 11.9. The van der Waals surface area contributed by atoms with Crippen LogP contribution in [0.25, 0.3) is 0 Å². The van der Waals surface area contributed by atoms with E-state index in [1.807, 2.05) is 38.1 Å². The molecule has 2 amide bonds. The molecule has 0 aliphatic heterocycles. The van der Waals surface area contributed by atoms with Crippen LogP contribution >= 0.6 is 15.9 Å². The number of benzene rings is 1. The summed E-state index contributed by atoms with van der Waals surface area (Å²) in [4.78, 5) is 23.3. The quantitative estimate of drug-likeness (QED) is 0.688. The van der Waals surface area contributed by atoms with Crippen LogP contribution in [-0.4, -0.2) is 29.1 Å². The molecule has 4 N–H and O–H groups in total. The molecule has 1 rings (SSSR count). The van der Waals surface area contributed by atoms with E-state index in [4.69, 9.17) is 5.73 Å². The van der Waals surface area contributed by atoms with Crippen LogP contribution in [0.1, 0.15) is 25.8 Å². The van der Waals surface area contributed by atoms with Gasteiger partial charge in [0.05, 0.1) is 0 Å². The highest BCUT2D eigenvalue weighted by molar-refractivity contribution is 9.10. The summed E-state index contributed by atoms with van der Waals surface area (Å²) in [6.45, 7) is 3.81. The van der Waals surface area contributed by atoms with Gasteiger partial charge in [0.1, 0.15) is 12.1 Å². The van der Waals surface area contributed by atoms with Gasteiger partial charge in [0, 0.05) is 10.9 Å². The van der Waals surface area contributed by atoms with Gasteiger partial charge in [0.15, 0.2) is 0 Å². The van der Waals surface area contributed by atoms with Gasteiger partial charge in [-0.15, -0.1) is 0 Å². The molecule has 6 heteroatoms. The Bertz CT molecular complexity index is 488. The topological polar surface area (TPSA) is 92.4 Å². The van der Waals surface area contributed by atoms with E-state index in [0.29, 0.717) is 12.8 Å². The van der Waals surface area contributed by atoms with Gasteiger partial charge in [0.25, 0.3) is 0 Å². The second kappa shape index (κ2) is 8.14. The van der Waals surface area contributed by atoms with Crippen molar-refractivity contribution in [2.45, 2.75) is 38.8 Å². The summed E-state index contributed by atoms with van der Waals surface area (Å²) in [5, 5.41) is 12.3. The fraction of sp³-hybridized carbons (Fsp3) is 0.467. The molecule has 21 heavy (non-hydrogen) atoms. The Balaban J connectivity index is 2.67. The number of primary amides is 1. The summed E-state index contributed by atoms with van der Waals surface area (Å²) in [5.74, 6) is -1.00. The maximum Gasteiger partial charge on any atom is 0.249 e. The number of halogens is 1. The van der Waals surface area contributed by atoms with E-state index < -0.39 is 24.0 Å². The molecule has 0 radical (unpaired) electrons. The number of amides is 2. The Hall–Kier alpha value is -1.40. The standard InChI is InChI=1S/C15H21BrN2O3/c1-9(2)7-13(19)15(21)18-12(14(17)20)8-10-3-5-11(16)6-4-10/h3-6,9,12-13,19H,7-8H2,1-2H3,(H2,17,20)(H,18,21)/t12-,13+/m1/s1. The van der Waals surface area contributed by atoms with Gasteiger partial charge in [-0.1, -0.05) is 41.9 Å². The molecule has 1 aromatic rings. The highest BCUT2D eigenvalue weighted by atomic mass is 79.9. The summed E-state index contributed by atoms with van der Waals surface area (Å²) >= 11 is 3.33. The summed E-state index contributed by atoms with van der Waals surface area (Å²) in [7, 11) is 0. The van der Waals surface area contributed by atoms with Crippen LogP contribution in [0.4, 0.5) is 0 Å². The molecule has 0 fully saturated rings. The fourth-order valence-corrected chi connectivity index (χ4v) is 2.16. The minimum absolute atomic E-state index is 0.184. The lowest BCUT2D eigenvalue weighted by Gasteiger charge is -2.19. The molecule has 1 aromatic carbocycles. The first-order valence-corrected chi connectivity index (χ1v) is 7.61. The summed E-state index contributed by atoms with van der Waals surface area (Å²) in [5.41, 5.74) is 6.20. The molecule has 0 aliphatic rings. The molecule has 0 heterocycles. The zero-order valence-corrected chi connectivity index (χ0v) is 13.8. The lowest BCUT2D eigenvalue weighted by Crippen LogP contribution is -2.49. The zero-order chi connectivity index (χ0) is 16.0. The first-order chi connectivity index (χ1) is 9.79. The van der Waals surface area contributed by atoms with Crippen LogP contribution < -0.4 is 11.1 Å². The summed E-state index contributed by atoms with van der Waals surface area (Å²) < 4.78 is 0.929. The molecular formula is C15H21BrN2O3. The minimum atomic E-state index is -1.13. The number of rotatable bonds is 7. The number of aliphatic hydroxyl groups is 1. The second-order valence-electron chi connectivity index (χ2n) is 5.44. The van der Waals surface area contributed by atoms with Gasteiger partial charge in [-0.25, -0.2) is 0 Å². The molecule has 0 aliphatic carbocycles. The predicted molar refractivity (Wildman–Crippen MR) is 84.4 cm³/mol. The number of hydrogen-bond acceptors (Lipinski definition) is 3. The second-order valence-corrected chi connectivity index (χ2v) is 6.36. The largest absolute Gasteiger partial charge is 0.383 e. The van der Waals surface area contributed by atoms with Crippen molar-refractivity contribution < 1.29 is 14.7 Å². The van der Waals surface area contributed by atoms with Crippen molar-refractivity contribution >= 4 is 27.7 Å². The van der Waals surface area contributed by atoms with E-state index >= 15 is 0 Å². The van der Waals surface area contributed by atoms with Crippen molar-refractivity contribution in [3.8, 4) is 0 Å². The number of hydrogen-bond donors (Lipinski definition) is 3. The number of aliphatic hydroxyl groups excluding tert-OH is 1. The van der Waals surface area contributed by atoms with Gasteiger partial charge >= 0.3 is 0 Å². The fourth-order valence-electron chi connectivity index (χ4n) is 1.90. The number of nitrogens with two attached hydrogens (primary N) is 1. The highest BCUT2D eigenvalue weighted by Crippen LogP contribution is 2.12. The van der Waals surface area contributed by atoms with Gasteiger partial charge in [-0.2, -0.15) is 0 Å². The lowest BCUT2D eigenvalue weighted by atomic mass is 10.0. The number of nitrogens with one attached hydrogen (secondary N) is 1. The molecule has 0 spiro atoms. The minimum Gasteiger partial charge on any atom is -0.383 e. The van der Waals surface area contributed by atoms with Crippen LogP contribution in [0.3, 0.4) is 0 Å². The van der Waals surface area contributed by atoms with Crippen molar-refractivity contribution in [3.05, 3.63) is 34.3 Å². The summed E-state index contributed by atoms with van der Waals surface area (Å²) in [6, 6.07) is 6.56. The maximum atomic E-state index is 11.9. The predicted octanol–water partition coefficient (Wildman–Crippen LogP) is 1.37. The lowest BCUT2D eigenvalue weighted by molar-refractivity contribution is -0.133. The van der Waals surface area contributed by atoms with Gasteiger partial charge in [-0.05, 0) is 30.0 Å². The summed E-state index contributed by atoms with van der Waals surface area (Å²) in [6.07, 6.45) is -0.491. The molecule has 5 nitrogen and oxygen atoms in total. The Morgan fingerprint density at radius 1 is 1.29 bits per heavy atom. The van der Waals surface area contributed by atoms with Crippen molar-refractivity contribution in [1.82, 2.24) is 5.32 Å². The zero-order valence-electron chi connectivity index (χ0n) is 12.2. The average Bonchev–Trinajstić information content (AvgIpc) is 2.39. The van der Waals surface area contributed by atoms with Crippen LogP contribution in [0.15, 0.2) is 28.7 Å². The van der Waals surface area contributed by atoms with E-state index in [-0.39, 0.29) is 5.92 Å². The van der Waals surface area contributed by atoms with Crippen molar-refractivity contribution in [2.75, 3.05) is 0 Å². The molecule has 116 valence electrons. The SMILES string of the molecule is CC(C)C[C@H](O)C(=O)N[C@H](Cc1ccc(Br)cc1)C(N)=O. The Morgan fingerprint density at radius 2 is 1.86 bits per heavy atom. The average molecular weight is 357 g/mol. The molecule has 0 saturated heterocycles. The smallest absolute Gasteiger partial charge is 0.249 e. The molecule has 2 atom stereocenters. The molecule has 0 unspecified atom stereocenters. The third-order valence-electron chi connectivity index (χ3n) is 3.01. The third kappa shape index (κ3) is 6.27. The van der Waals surface area contributed by atoms with Crippen LogP contribution in [0.5, 0.6) is 0 Å². The third-order valence-corrected chi connectivity index (χ3v) is 3.54. The Kier molecular flexibility index (Phi) is 6.84. The van der Waals surface area contributed by atoms with Crippen molar-refractivity contribution in [1.29, 1.82) is 0 Å². The van der Waals surface area contributed by atoms with Crippen LogP contribution in [0.2, 0.25) is 0 Å². The van der Waals surface area contributed by atoms with Crippen molar-refractivity contribution in [3.63, 3.8) is 0 Å². The highest BCUT2D eigenvalue weighted by Gasteiger charge is 2.23. The number of carbonyl (C=O) groups excluding carboxylic acids is 2. The Morgan fingerprint density at radius 3 is 2.33 bits per heavy atom. The van der Waals surface area contributed by atoms with Gasteiger partial charge in [0.2, 0.25) is 11.8 Å². The molecular weight excluding hydrogens is 336 g/mol. The van der Waals surface area contributed by atoms with Gasteiger partial charge in [-0.3, -0.25) is 9.59 Å². The van der Waals surface area contributed by atoms with E-state index in [0.717, 1.165) is 10.0 Å². The van der Waals surface area contributed by atoms with Crippen LogP contribution in [0, 0.1) is 5.92 Å². The van der Waals surface area contributed by atoms with E-state index in [9.17, 15) is 14.7 Å².